The number of hydrogen-bond donors (Lipinski definition) is 1. The van der Waals surface area contributed by atoms with Gasteiger partial charge in [0.05, 0.1) is 11.2 Å². The lowest BCUT2D eigenvalue weighted by Gasteiger charge is -2.26. The second-order valence-electron chi connectivity index (χ2n) is 4.95. The van der Waals surface area contributed by atoms with E-state index in [0.717, 1.165) is 25.9 Å². The molecule has 8 heteroatoms. The number of anilines is 1. The van der Waals surface area contributed by atoms with Crippen LogP contribution in [0.4, 0.5) is 5.95 Å². The number of nitrogen functional groups attached to an aromatic ring is 1. The molecule has 1 saturated heterocycles. The third-order valence-electron chi connectivity index (χ3n) is 3.47. The Labute approximate surface area is 121 Å². The summed E-state index contributed by atoms with van der Waals surface area (Å²) in [6.07, 6.45) is 3.45. The van der Waals surface area contributed by atoms with Gasteiger partial charge in [-0.05, 0) is 33.0 Å². The first-order valence-electron chi connectivity index (χ1n) is 6.44. The molecule has 0 saturated carbocycles. The number of hydrogen-bond acceptors (Lipinski definition) is 7. The van der Waals surface area contributed by atoms with E-state index in [9.17, 15) is 0 Å². The second kappa shape index (κ2) is 5.34. The van der Waals surface area contributed by atoms with Crippen molar-refractivity contribution in [2.45, 2.75) is 18.8 Å². The van der Waals surface area contributed by atoms with Gasteiger partial charge >= 0.3 is 0 Å². The maximum absolute atomic E-state index is 6.03. The van der Waals surface area contributed by atoms with Crippen molar-refractivity contribution in [2.24, 2.45) is 0 Å². The highest BCUT2D eigenvalue weighted by molar-refractivity contribution is 6.32. The van der Waals surface area contributed by atoms with Crippen LogP contribution in [-0.4, -0.2) is 45.2 Å². The summed E-state index contributed by atoms with van der Waals surface area (Å²) in [7, 11) is 2.11. The molecule has 2 aromatic rings. The van der Waals surface area contributed by atoms with Crippen LogP contribution in [0.15, 0.2) is 10.6 Å². The lowest BCUT2D eigenvalue weighted by atomic mass is 9.97. The van der Waals surface area contributed by atoms with Gasteiger partial charge < -0.3 is 15.1 Å². The summed E-state index contributed by atoms with van der Waals surface area (Å²) in [5, 5.41) is 8.48. The Bertz CT molecular complexity index is 608. The van der Waals surface area contributed by atoms with Gasteiger partial charge in [-0.25, -0.2) is 9.97 Å². The fraction of sp³-hybridized carbons (Fsp3) is 0.500. The first kappa shape index (κ1) is 13.3. The van der Waals surface area contributed by atoms with Gasteiger partial charge in [0.15, 0.2) is 5.69 Å². The summed E-state index contributed by atoms with van der Waals surface area (Å²) in [5.41, 5.74) is 5.93. The summed E-state index contributed by atoms with van der Waals surface area (Å²) in [4.78, 5) is 10.1. The first-order chi connectivity index (χ1) is 9.63. The van der Waals surface area contributed by atoms with E-state index in [1.54, 1.807) is 0 Å². The van der Waals surface area contributed by atoms with Crippen LogP contribution in [0, 0.1) is 0 Å². The molecule has 0 aromatic carbocycles. The Hall–Kier alpha value is -1.73. The van der Waals surface area contributed by atoms with Crippen LogP contribution in [0.3, 0.4) is 0 Å². The molecule has 2 N–H and O–H groups in total. The van der Waals surface area contributed by atoms with Gasteiger partial charge in [0.2, 0.25) is 11.8 Å². The maximum Gasteiger partial charge on any atom is 0.268 e. The van der Waals surface area contributed by atoms with Crippen LogP contribution >= 0.6 is 11.6 Å². The van der Waals surface area contributed by atoms with Crippen LogP contribution in [0.25, 0.3) is 11.6 Å². The molecular weight excluding hydrogens is 280 g/mol. The quantitative estimate of drug-likeness (QED) is 0.898. The highest BCUT2D eigenvalue weighted by atomic mass is 35.5. The number of rotatable bonds is 2. The zero-order chi connectivity index (χ0) is 14.1. The highest BCUT2D eigenvalue weighted by Gasteiger charge is 2.24. The van der Waals surface area contributed by atoms with Crippen molar-refractivity contribution >= 4 is 17.5 Å². The van der Waals surface area contributed by atoms with Crippen LogP contribution in [0.2, 0.25) is 5.02 Å². The van der Waals surface area contributed by atoms with E-state index in [2.05, 4.69) is 32.1 Å². The first-order valence-corrected chi connectivity index (χ1v) is 6.81. The third kappa shape index (κ3) is 2.59. The molecule has 3 rings (SSSR count). The van der Waals surface area contributed by atoms with E-state index in [-0.39, 0.29) is 11.8 Å². The van der Waals surface area contributed by atoms with E-state index >= 15 is 0 Å². The predicted octanol–water partition coefficient (Wildman–Crippen LogP) is 1.57. The topological polar surface area (TPSA) is 94.0 Å². The molecule has 106 valence electrons. The largest absolute Gasteiger partial charge is 0.419 e. The van der Waals surface area contributed by atoms with Gasteiger partial charge in [0, 0.05) is 5.92 Å². The molecule has 0 atom stereocenters. The van der Waals surface area contributed by atoms with Crippen molar-refractivity contribution in [3.8, 4) is 11.6 Å². The zero-order valence-corrected chi connectivity index (χ0v) is 11.8. The smallest absolute Gasteiger partial charge is 0.268 e. The molecule has 0 radical (unpaired) electrons. The van der Waals surface area contributed by atoms with Gasteiger partial charge in [-0.2, -0.15) is 0 Å². The van der Waals surface area contributed by atoms with E-state index < -0.39 is 0 Å². The molecule has 0 aliphatic carbocycles. The summed E-state index contributed by atoms with van der Waals surface area (Å²) in [6.45, 7) is 2.06. The van der Waals surface area contributed by atoms with E-state index in [0.29, 0.717) is 22.5 Å². The Morgan fingerprint density at radius 2 is 2.10 bits per heavy atom. The fourth-order valence-electron chi connectivity index (χ4n) is 2.28. The highest BCUT2D eigenvalue weighted by Crippen LogP contribution is 2.30. The summed E-state index contributed by atoms with van der Waals surface area (Å²) >= 11 is 6.03. The fourth-order valence-corrected chi connectivity index (χ4v) is 2.45. The minimum absolute atomic E-state index is 0.128. The average molecular weight is 295 g/mol. The molecule has 0 spiro atoms. The van der Waals surface area contributed by atoms with E-state index in [1.165, 1.54) is 6.20 Å². The van der Waals surface area contributed by atoms with E-state index in [4.69, 9.17) is 21.8 Å². The van der Waals surface area contributed by atoms with Crippen molar-refractivity contribution in [2.75, 3.05) is 25.9 Å². The molecular formula is C12H15ClN6O. The second-order valence-corrected chi connectivity index (χ2v) is 5.35. The molecule has 2 aromatic heterocycles. The van der Waals surface area contributed by atoms with Crippen molar-refractivity contribution in [1.29, 1.82) is 0 Å². The number of piperidine rings is 1. The molecule has 0 unspecified atom stereocenters. The number of nitrogens with two attached hydrogens (primary N) is 1. The van der Waals surface area contributed by atoms with Gasteiger partial charge in [-0.3, -0.25) is 0 Å². The predicted molar refractivity (Wildman–Crippen MR) is 74.2 cm³/mol. The standard InChI is InChI=1S/C12H15ClN6O/c1-19-4-2-7(3-5-19)10-17-18-11(20-10)9-8(13)6-15-12(14)16-9/h6-7H,2-5H2,1H3,(H2,14,15,16). The lowest BCUT2D eigenvalue weighted by molar-refractivity contribution is 0.237. The molecule has 1 fully saturated rings. The Balaban J connectivity index is 1.85. The minimum Gasteiger partial charge on any atom is -0.419 e. The Morgan fingerprint density at radius 3 is 2.85 bits per heavy atom. The SMILES string of the molecule is CN1CCC(c2nnc(-c3nc(N)ncc3Cl)o2)CC1. The molecule has 0 amide bonds. The Kier molecular flexibility index (Phi) is 3.54. The van der Waals surface area contributed by atoms with Gasteiger partial charge in [-0.15, -0.1) is 10.2 Å². The molecule has 20 heavy (non-hydrogen) atoms. The van der Waals surface area contributed by atoms with Crippen molar-refractivity contribution in [1.82, 2.24) is 25.1 Å². The van der Waals surface area contributed by atoms with Crippen LogP contribution in [-0.2, 0) is 0 Å². The Morgan fingerprint density at radius 1 is 1.35 bits per heavy atom. The average Bonchev–Trinajstić information content (AvgIpc) is 2.92. The summed E-state index contributed by atoms with van der Waals surface area (Å²) in [6, 6.07) is 0. The van der Waals surface area contributed by atoms with Crippen molar-refractivity contribution in [3.05, 3.63) is 17.1 Å². The van der Waals surface area contributed by atoms with Gasteiger partial charge in [0.25, 0.3) is 5.89 Å². The lowest BCUT2D eigenvalue weighted by Crippen LogP contribution is -2.29. The van der Waals surface area contributed by atoms with Crippen LogP contribution in [0.1, 0.15) is 24.7 Å². The maximum atomic E-state index is 6.03. The van der Waals surface area contributed by atoms with Crippen molar-refractivity contribution < 1.29 is 4.42 Å². The molecule has 7 nitrogen and oxygen atoms in total. The zero-order valence-electron chi connectivity index (χ0n) is 11.1. The van der Waals surface area contributed by atoms with Gasteiger partial charge in [0.1, 0.15) is 0 Å². The van der Waals surface area contributed by atoms with Crippen LogP contribution in [0.5, 0.6) is 0 Å². The van der Waals surface area contributed by atoms with E-state index in [1.807, 2.05) is 0 Å². The van der Waals surface area contributed by atoms with Crippen LogP contribution < -0.4 is 5.73 Å². The summed E-state index contributed by atoms with van der Waals surface area (Å²) < 4.78 is 5.71. The normalized spacial score (nSPS) is 17.5. The number of aromatic nitrogens is 4. The molecule has 1 aliphatic heterocycles. The van der Waals surface area contributed by atoms with Crippen molar-refractivity contribution in [3.63, 3.8) is 0 Å². The molecule has 1 aliphatic rings. The summed E-state index contributed by atoms with van der Waals surface area (Å²) in [5.74, 6) is 1.35. The molecule has 3 heterocycles. The number of halogens is 1. The number of likely N-dealkylation sites (tertiary alicyclic amines) is 1. The molecule has 0 bridgehead atoms. The number of nitrogens with zero attached hydrogens (tertiary/aromatic N) is 5. The van der Waals surface area contributed by atoms with Gasteiger partial charge in [-0.1, -0.05) is 11.6 Å². The minimum atomic E-state index is 0.128. The monoisotopic (exact) mass is 294 g/mol. The third-order valence-corrected chi connectivity index (χ3v) is 3.75.